The monoisotopic (exact) mass is 527 g/mol. The summed E-state index contributed by atoms with van der Waals surface area (Å²) in [5.74, 6) is 1.52. The number of nitrogens with zero attached hydrogens (tertiary/aromatic N) is 1. The molecule has 5 aliphatic rings. The van der Waals surface area contributed by atoms with Crippen molar-refractivity contribution in [1.29, 1.82) is 0 Å². The summed E-state index contributed by atoms with van der Waals surface area (Å²) in [5, 5.41) is 0. The lowest BCUT2D eigenvalue weighted by Crippen LogP contribution is -2.53. The van der Waals surface area contributed by atoms with Crippen LogP contribution in [0.4, 0.5) is 0 Å². The van der Waals surface area contributed by atoms with Gasteiger partial charge >= 0.3 is 5.97 Å². The summed E-state index contributed by atoms with van der Waals surface area (Å²) in [6.07, 6.45) is 30.7. The molecule has 0 aliphatic heterocycles. The van der Waals surface area contributed by atoms with Gasteiger partial charge in [0.1, 0.15) is 6.10 Å². The lowest BCUT2D eigenvalue weighted by Gasteiger charge is -2.49. The number of hydrogen-bond acceptors (Lipinski definition) is 4. The number of carbonyl (C=O) groups excluding carboxylic acids is 1. The summed E-state index contributed by atoms with van der Waals surface area (Å²) in [4.78, 5) is 15.0. The molecular weight excluding hydrogens is 470 g/mol. The zero-order valence-corrected chi connectivity index (χ0v) is 24.6. The van der Waals surface area contributed by atoms with Crippen molar-refractivity contribution >= 4 is 5.97 Å². The standard InChI is InChI=1S/C34H57NO3/c1-25(2)34(36)38-33-21-15-27(16-22-33)26-13-17-29(18-14-26)35(28-9-5-3-6-10-28)30-19-23-32(24-20-30)37-31-11-7-4-8-12-31/h26-33H,1,3-24H2,2H3. The number of ether oxygens (including phenoxy) is 2. The summed E-state index contributed by atoms with van der Waals surface area (Å²) in [6.45, 7) is 5.49. The second kappa shape index (κ2) is 14.2. The van der Waals surface area contributed by atoms with E-state index in [1.807, 2.05) is 0 Å². The van der Waals surface area contributed by atoms with Crippen LogP contribution in [-0.4, -0.2) is 47.3 Å². The molecule has 0 aromatic heterocycles. The Labute approximate surface area is 233 Å². The van der Waals surface area contributed by atoms with Gasteiger partial charge in [-0.1, -0.05) is 45.1 Å². The zero-order valence-electron chi connectivity index (χ0n) is 24.6. The molecule has 5 rings (SSSR count). The molecule has 0 bridgehead atoms. The van der Waals surface area contributed by atoms with E-state index in [4.69, 9.17) is 9.47 Å². The largest absolute Gasteiger partial charge is 0.459 e. The predicted octanol–water partition coefficient (Wildman–Crippen LogP) is 8.52. The van der Waals surface area contributed by atoms with Gasteiger partial charge in [-0.3, -0.25) is 4.90 Å². The van der Waals surface area contributed by atoms with Crippen LogP contribution in [0.25, 0.3) is 0 Å². The number of hydrogen-bond donors (Lipinski definition) is 0. The molecule has 4 heteroatoms. The van der Waals surface area contributed by atoms with E-state index < -0.39 is 0 Å². The molecule has 5 saturated carbocycles. The molecule has 216 valence electrons. The van der Waals surface area contributed by atoms with Gasteiger partial charge in [0.05, 0.1) is 12.2 Å². The third-order valence-electron chi connectivity index (χ3n) is 11.2. The highest BCUT2D eigenvalue weighted by Gasteiger charge is 2.39. The van der Waals surface area contributed by atoms with E-state index in [0.29, 0.717) is 17.8 Å². The third kappa shape index (κ3) is 7.65. The maximum absolute atomic E-state index is 11.9. The van der Waals surface area contributed by atoms with Gasteiger partial charge in [0.2, 0.25) is 0 Å². The molecule has 0 saturated heterocycles. The van der Waals surface area contributed by atoms with Crippen molar-refractivity contribution in [2.45, 2.75) is 185 Å². The van der Waals surface area contributed by atoms with Crippen LogP contribution in [0.15, 0.2) is 12.2 Å². The summed E-state index contributed by atoms with van der Waals surface area (Å²) in [5.41, 5.74) is 0.526. The SMILES string of the molecule is C=C(C)C(=O)OC1CCC(C2CCC(N(C3CCCCC3)C3CCC(OC4CCCCC4)CC3)CC2)CC1. The highest BCUT2D eigenvalue weighted by Crippen LogP contribution is 2.43. The van der Waals surface area contributed by atoms with Gasteiger partial charge in [0.15, 0.2) is 0 Å². The molecule has 0 amide bonds. The van der Waals surface area contributed by atoms with Gasteiger partial charge in [-0.2, -0.15) is 0 Å². The molecule has 0 spiro atoms. The quantitative estimate of drug-likeness (QED) is 0.234. The van der Waals surface area contributed by atoms with E-state index in [-0.39, 0.29) is 12.1 Å². The van der Waals surface area contributed by atoms with E-state index in [1.165, 1.54) is 128 Å². The van der Waals surface area contributed by atoms with Crippen LogP contribution >= 0.6 is 0 Å². The molecule has 0 heterocycles. The van der Waals surface area contributed by atoms with Gasteiger partial charge in [-0.25, -0.2) is 4.79 Å². The fourth-order valence-electron chi connectivity index (χ4n) is 9.03. The molecule has 4 nitrogen and oxygen atoms in total. The normalized spacial score (nSPS) is 36.2. The molecule has 5 aliphatic carbocycles. The Hall–Kier alpha value is -0.870. The first-order chi connectivity index (χ1) is 18.6. The lowest BCUT2D eigenvalue weighted by atomic mass is 9.71. The summed E-state index contributed by atoms with van der Waals surface area (Å²) >= 11 is 0. The Morgan fingerprint density at radius 2 is 0.974 bits per heavy atom. The van der Waals surface area contributed by atoms with Crippen molar-refractivity contribution in [3.63, 3.8) is 0 Å². The van der Waals surface area contributed by atoms with Crippen LogP contribution < -0.4 is 0 Å². The highest BCUT2D eigenvalue weighted by atomic mass is 16.5. The molecule has 5 fully saturated rings. The van der Waals surface area contributed by atoms with E-state index in [2.05, 4.69) is 11.5 Å². The lowest BCUT2D eigenvalue weighted by molar-refractivity contribution is -0.146. The number of esters is 1. The highest BCUT2D eigenvalue weighted by molar-refractivity contribution is 5.87. The maximum Gasteiger partial charge on any atom is 0.333 e. The van der Waals surface area contributed by atoms with Crippen molar-refractivity contribution in [1.82, 2.24) is 4.90 Å². The van der Waals surface area contributed by atoms with Crippen LogP contribution in [0.2, 0.25) is 0 Å². The number of rotatable bonds is 8. The first-order valence-corrected chi connectivity index (χ1v) is 16.9. The average Bonchev–Trinajstić information content (AvgIpc) is 2.96. The van der Waals surface area contributed by atoms with Crippen LogP contribution in [0.1, 0.15) is 148 Å². The second-order valence-corrected chi connectivity index (χ2v) is 13.9. The molecule has 0 unspecified atom stereocenters. The van der Waals surface area contributed by atoms with Crippen molar-refractivity contribution in [3.8, 4) is 0 Å². The first kappa shape index (κ1) is 28.7. The Balaban J connectivity index is 1.11. The fourth-order valence-corrected chi connectivity index (χ4v) is 9.03. The number of carbonyl (C=O) groups is 1. The molecule has 0 aromatic rings. The van der Waals surface area contributed by atoms with E-state index in [9.17, 15) is 4.79 Å². The van der Waals surface area contributed by atoms with Crippen LogP contribution in [0, 0.1) is 11.8 Å². The Bertz CT molecular complexity index is 731. The summed E-state index contributed by atoms with van der Waals surface area (Å²) in [6, 6.07) is 2.44. The van der Waals surface area contributed by atoms with E-state index >= 15 is 0 Å². The van der Waals surface area contributed by atoms with Gasteiger partial charge in [-0.15, -0.1) is 0 Å². The molecular formula is C34H57NO3. The topological polar surface area (TPSA) is 38.8 Å². The Kier molecular flexibility index (Phi) is 10.7. The van der Waals surface area contributed by atoms with Crippen LogP contribution in [0.3, 0.4) is 0 Å². The van der Waals surface area contributed by atoms with Crippen LogP contribution in [-0.2, 0) is 14.3 Å². The van der Waals surface area contributed by atoms with Gasteiger partial charge in [0.25, 0.3) is 0 Å². The van der Waals surface area contributed by atoms with Gasteiger partial charge < -0.3 is 9.47 Å². The molecule has 0 aromatic carbocycles. The van der Waals surface area contributed by atoms with Crippen molar-refractivity contribution in [3.05, 3.63) is 12.2 Å². The molecule has 0 atom stereocenters. The molecule has 0 N–H and O–H groups in total. The third-order valence-corrected chi connectivity index (χ3v) is 11.2. The first-order valence-electron chi connectivity index (χ1n) is 16.9. The van der Waals surface area contributed by atoms with Crippen LogP contribution in [0.5, 0.6) is 0 Å². The minimum atomic E-state index is -0.202. The van der Waals surface area contributed by atoms with Gasteiger partial charge in [0, 0.05) is 23.7 Å². The van der Waals surface area contributed by atoms with Gasteiger partial charge in [-0.05, 0) is 121 Å². The second-order valence-electron chi connectivity index (χ2n) is 13.9. The molecule has 0 radical (unpaired) electrons. The summed E-state index contributed by atoms with van der Waals surface area (Å²) < 4.78 is 12.3. The fraction of sp³-hybridized carbons (Fsp3) is 0.912. The minimum absolute atomic E-state index is 0.116. The predicted molar refractivity (Wildman–Crippen MR) is 155 cm³/mol. The smallest absolute Gasteiger partial charge is 0.333 e. The van der Waals surface area contributed by atoms with Crippen molar-refractivity contribution in [2.24, 2.45) is 11.8 Å². The maximum atomic E-state index is 11.9. The minimum Gasteiger partial charge on any atom is -0.459 e. The molecule has 38 heavy (non-hydrogen) atoms. The van der Waals surface area contributed by atoms with Crippen molar-refractivity contribution < 1.29 is 14.3 Å². The van der Waals surface area contributed by atoms with Crippen molar-refractivity contribution in [2.75, 3.05) is 0 Å². The van der Waals surface area contributed by atoms with E-state index in [1.54, 1.807) is 6.92 Å². The Morgan fingerprint density at radius 3 is 1.53 bits per heavy atom. The zero-order chi connectivity index (χ0) is 26.3. The summed E-state index contributed by atoms with van der Waals surface area (Å²) in [7, 11) is 0. The van der Waals surface area contributed by atoms with E-state index in [0.717, 1.165) is 42.8 Å². The Morgan fingerprint density at radius 1 is 0.553 bits per heavy atom. The average molecular weight is 528 g/mol.